The van der Waals surface area contributed by atoms with E-state index in [1.54, 1.807) is 0 Å². The summed E-state index contributed by atoms with van der Waals surface area (Å²) in [7, 11) is -4.77. The number of aliphatic hydroxyl groups excluding tert-OH is 1. The molecule has 0 aromatic carbocycles. The minimum atomic E-state index is -4.77. The lowest BCUT2D eigenvalue weighted by Gasteiger charge is -2.18. The number of aliphatic hydroxyl groups is 1. The van der Waals surface area contributed by atoms with Crippen molar-refractivity contribution in [2.75, 3.05) is 13.2 Å². The number of esters is 2. The topological polar surface area (TPSA) is 140 Å². The van der Waals surface area contributed by atoms with Crippen LogP contribution >= 0.6 is 7.82 Å². The number of carbonyl (C=O) groups excluding carboxylic acids is 2. The summed E-state index contributed by atoms with van der Waals surface area (Å²) in [4.78, 5) is 42.7. The van der Waals surface area contributed by atoms with Crippen molar-refractivity contribution < 1.29 is 43.0 Å². The normalized spacial score (nSPS) is 13.7. The second kappa shape index (κ2) is 34.1. The molecule has 290 valence electrons. The SMILES string of the molecule is CC[C@@H](O)CC/C=C\C/C=C\C/C=C\C/C=C\CCCC(=O)O[C@H](COC(=O)CCCCCCCCCCCCCC(C)C)COP(=O)(O)O. The van der Waals surface area contributed by atoms with Gasteiger partial charge in [-0.05, 0) is 63.7 Å². The van der Waals surface area contributed by atoms with Gasteiger partial charge in [-0.2, -0.15) is 0 Å². The van der Waals surface area contributed by atoms with E-state index in [-0.39, 0.29) is 25.6 Å². The zero-order valence-electron chi connectivity index (χ0n) is 31.6. The summed E-state index contributed by atoms with van der Waals surface area (Å²) in [6, 6.07) is 0. The fraction of sp³-hybridized carbons (Fsp3) is 0.750. The second-order valence-electron chi connectivity index (χ2n) is 13.5. The van der Waals surface area contributed by atoms with Crippen LogP contribution in [0, 0.1) is 5.92 Å². The molecule has 0 aromatic heterocycles. The van der Waals surface area contributed by atoms with Crippen LogP contribution in [0.2, 0.25) is 0 Å². The van der Waals surface area contributed by atoms with Crippen molar-refractivity contribution in [2.24, 2.45) is 5.92 Å². The average Bonchev–Trinajstić information content (AvgIpc) is 3.07. The van der Waals surface area contributed by atoms with E-state index in [1.165, 1.54) is 51.4 Å². The third kappa shape index (κ3) is 37.2. The van der Waals surface area contributed by atoms with Crippen LogP contribution in [0.1, 0.15) is 162 Å². The van der Waals surface area contributed by atoms with Gasteiger partial charge in [0.25, 0.3) is 0 Å². The minimum Gasteiger partial charge on any atom is -0.462 e. The highest BCUT2D eigenvalue weighted by molar-refractivity contribution is 7.46. The summed E-state index contributed by atoms with van der Waals surface area (Å²) in [5.74, 6) is -0.166. The molecule has 0 rings (SSSR count). The molecule has 2 atom stereocenters. The van der Waals surface area contributed by atoms with Gasteiger partial charge < -0.3 is 24.4 Å². The first-order chi connectivity index (χ1) is 24.0. The Bertz CT molecular complexity index is 983. The van der Waals surface area contributed by atoms with Gasteiger partial charge in [0.1, 0.15) is 6.61 Å². The first kappa shape index (κ1) is 48.0. The fourth-order valence-electron chi connectivity index (χ4n) is 5.12. The van der Waals surface area contributed by atoms with Gasteiger partial charge in [-0.15, -0.1) is 0 Å². The molecular weight excluding hydrogens is 655 g/mol. The lowest BCUT2D eigenvalue weighted by atomic mass is 10.0. The van der Waals surface area contributed by atoms with E-state index < -0.39 is 32.5 Å². The van der Waals surface area contributed by atoms with E-state index in [0.29, 0.717) is 19.3 Å². The molecule has 0 aromatic rings. The Kier molecular flexibility index (Phi) is 32.7. The molecule has 0 saturated carbocycles. The molecule has 3 N–H and O–H groups in total. The molecule has 50 heavy (non-hydrogen) atoms. The molecule has 0 fully saturated rings. The highest BCUT2D eigenvalue weighted by atomic mass is 31.2. The summed E-state index contributed by atoms with van der Waals surface area (Å²) in [5.41, 5.74) is 0. The Balaban J connectivity index is 4.08. The zero-order valence-corrected chi connectivity index (χ0v) is 32.5. The Labute approximate surface area is 304 Å². The number of hydrogen-bond donors (Lipinski definition) is 3. The molecule has 0 aliphatic heterocycles. The number of phosphoric acid groups is 1. The Morgan fingerprint density at radius 2 is 1.10 bits per heavy atom. The molecule has 0 radical (unpaired) electrons. The van der Waals surface area contributed by atoms with Crippen molar-refractivity contribution in [3.63, 3.8) is 0 Å². The smallest absolute Gasteiger partial charge is 0.462 e. The van der Waals surface area contributed by atoms with Crippen LogP contribution in [0.25, 0.3) is 0 Å². The number of allylic oxidation sites excluding steroid dienone is 8. The number of hydrogen-bond acceptors (Lipinski definition) is 7. The minimum absolute atomic E-state index is 0.122. The van der Waals surface area contributed by atoms with Crippen LogP contribution in [0.15, 0.2) is 48.6 Å². The van der Waals surface area contributed by atoms with Crippen molar-refractivity contribution in [3.8, 4) is 0 Å². The van der Waals surface area contributed by atoms with Gasteiger partial charge in [-0.25, -0.2) is 4.57 Å². The van der Waals surface area contributed by atoms with Crippen molar-refractivity contribution >= 4 is 19.8 Å². The van der Waals surface area contributed by atoms with Gasteiger partial charge in [0.2, 0.25) is 0 Å². The van der Waals surface area contributed by atoms with E-state index in [2.05, 4.69) is 54.8 Å². The van der Waals surface area contributed by atoms with Gasteiger partial charge in [0, 0.05) is 12.8 Å². The molecule has 0 spiro atoms. The quantitative estimate of drug-likeness (QED) is 0.0256. The molecular formula is C40H71O9P. The summed E-state index contributed by atoms with van der Waals surface area (Å²) in [5, 5.41) is 9.53. The number of ether oxygens (including phenoxy) is 2. The average molecular weight is 727 g/mol. The highest BCUT2D eigenvalue weighted by Gasteiger charge is 2.22. The molecule has 0 unspecified atom stereocenters. The van der Waals surface area contributed by atoms with Crippen LogP contribution in [0.5, 0.6) is 0 Å². The van der Waals surface area contributed by atoms with E-state index in [1.807, 2.05) is 19.1 Å². The van der Waals surface area contributed by atoms with E-state index in [4.69, 9.17) is 19.3 Å². The van der Waals surface area contributed by atoms with Crippen molar-refractivity contribution in [1.29, 1.82) is 0 Å². The molecule has 0 amide bonds. The lowest BCUT2D eigenvalue weighted by molar-refractivity contribution is -0.161. The summed E-state index contributed by atoms with van der Waals surface area (Å²) < 4.78 is 26.3. The summed E-state index contributed by atoms with van der Waals surface area (Å²) in [6.45, 7) is 5.67. The fourth-order valence-corrected chi connectivity index (χ4v) is 5.48. The van der Waals surface area contributed by atoms with Gasteiger partial charge in [0.15, 0.2) is 6.10 Å². The van der Waals surface area contributed by atoms with Crippen LogP contribution in [0.3, 0.4) is 0 Å². The maximum Gasteiger partial charge on any atom is 0.469 e. The molecule has 0 aliphatic carbocycles. The van der Waals surface area contributed by atoms with Crippen molar-refractivity contribution in [2.45, 2.75) is 174 Å². The second-order valence-corrected chi connectivity index (χ2v) is 14.8. The third-order valence-corrected chi connectivity index (χ3v) is 8.68. The molecule has 0 saturated heterocycles. The van der Waals surface area contributed by atoms with Crippen LogP contribution in [-0.4, -0.2) is 52.3 Å². The van der Waals surface area contributed by atoms with Crippen LogP contribution in [0.4, 0.5) is 0 Å². The maximum atomic E-state index is 12.3. The van der Waals surface area contributed by atoms with Crippen LogP contribution < -0.4 is 0 Å². The van der Waals surface area contributed by atoms with Gasteiger partial charge in [-0.1, -0.05) is 140 Å². The first-order valence-corrected chi connectivity index (χ1v) is 20.9. The lowest BCUT2D eigenvalue weighted by Crippen LogP contribution is -2.29. The number of phosphoric ester groups is 1. The Morgan fingerprint density at radius 1 is 0.620 bits per heavy atom. The Hall–Kier alpha value is -2.03. The summed E-state index contributed by atoms with van der Waals surface area (Å²) in [6.07, 6.45) is 36.4. The molecule has 0 heterocycles. The first-order valence-electron chi connectivity index (χ1n) is 19.4. The van der Waals surface area contributed by atoms with E-state index in [0.717, 1.165) is 63.7 Å². The van der Waals surface area contributed by atoms with Crippen molar-refractivity contribution in [1.82, 2.24) is 0 Å². The summed E-state index contributed by atoms with van der Waals surface area (Å²) >= 11 is 0. The monoisotopic (exact) mass is 726 g/mol. The largest absolute Gasteiger partial charge is 0.469 e. The number of rotatable bonds is 34. The molecule has 0 bridgehead atoms. The zero-order chi connectivity index (χ0) is 37.1. The number of unbranched alkanes of at least 4 members (excludes halogenated alkanes) is 11. The Morgan fingerprint density at radius 3 is 1.62 bits per heavy atom. The predicted molar refractivity (Wildman–Crippen MR) is 203 cm³/mol. The molecule has 10 heteroatoms. The van der Waals surface area contributed by atoms with E-state index >= 15 is 0 Å². The standard InChI is InChI=1S/C40H71O9P/c1-4-37(41)31-27-23-19-15-11-7-5-6-8-12-17-21-25-29-33-40(43)49-38(35-48-50(44,45)46)34-47-39(42)32-28-24-20-16-13-9-10-14-18-22-26-30-36(2)3/h6-8,11,17,19,21,23,36-38,41H,4-5,9-10,12-16,18,20,22,24-35H2,1-3H3,(H2,44,45,46)/b8-6-,11-7-,21-17-,23-19-/t37-,38-/m1/s1. The van der Waals surface area contributed by atoms with Crippen LogP contribution in [-0.2, 0) is 28.2 Å². The maximum absolute atomic E-state index is 12.3. The van der Waals surface area contributed by atoms with Gasteiger partial charge >= 0.3 is 19.8 Å². The van der Waals surface area contributed by atoms with E-state index in [9.17, 15) is 19.3 Å². The predicted octanol–water partition coefficient (Wildman–Crippen LogP) is 10.4. The van der Waals surface area contributed by atoms with Gasteiger partial charge in [-0.3, -0.25) is 14.1 Å². The van der Waals surface area contributed by atoms with Crippen molar-refractivity contribution in [3.05, 3.63) is 48.6 Å². The highest BCUT2D eigenvalue weighted by Crippen LogP contribution is 2.36. The molecule has 9 nitrogen and oxygen atoms in total. The molecule has 0 aliphatic rings. The number of carbonyl (C=O) groups is 2. The van der Waals surface area contributed by atoms with Gasteiger partial charge in [0.05, 0.1) is 12.7 Å². The third-order valence-electron chi connectivity index (χ3n) is 8.19.